The van der Waals surface area contributed by atoms with Crippen LogP contribution in [0, 0.1) is 6.92 Å². The van der Waals surface area contributed by atoms with Crippen molar-refractivity contribution in [2.24, 2.45) is 0 Å². The quantitative estimate of drug-likeness (QED) is 0.884. The highest BCUT2D eigenvalue weighted by molar-refractivity contribution is 9.10. The average molecular weight is 338 g/mol. The van der Waals surface area contributed by atoms with Gasteiger partial charge in [0.1, 0.15) is 0 Å². The maximum atomic E-state index is 12.1. The summed E-state index contributed by atoms with van der Waals surface area (Å²) in [6, 6.07) is 7.87. The summed E-state index contributed by atoms with van der Waals surface area (Å²) in [5, 5.41) is 5.05. The van der Waals surface area contributed by atoms with E-state index in [2.05, 4.69) is 39.6 Å². The lowest BCUT2D eigenvalue weighted by Gasteiger charge is -2.07. The lowest BCUT2D eigenvalue weighted by atomic mass is 10.1. The van der Waals surface area contributed by atoms with E-state index < -0.39 is 0 Å². The minimum atomic E-state index is -0.0395. The topological polar surface area (TPSA) is 29.1 Å². The Labute approximate surface area is 126 Å². The highest BCUT2D eigenvalue weighted by atomic mass is 79.9. The predicted molar refractivity (Wildman–Crippen MR) is 83.7 cm³/mol. The van der Waals surface area contributed by atoms with Crippen LogP contribution in [0.15, 0.2) is 34.1 Å². The molecule has 0 bridgehead atoms. The molecule has 0 aliphatic heterocycles. The second-order valence-corrected chi connectivity index (χ2v) is 6.24. The molecule has 1 amide bonds. The number of thiophene rings is 1. The standard InChI is InChI=1S/C15H16BrNOS/c1-3-11-6-7-19-14(11)9-17-15(18)12-5-4-10(2)8-13(12)16/h4-8H,3,9H2,1-2H3,(H,17,18). The molecule has 0 radical (unpaired) electrons. The fourth-order valence-corrected chi connectivity index (χ4v) is 3.49. The summed E-state index contributed by atoms with van der Waals surface area (Å²) in [4.78, 5) is 13.4. The van der Waals surface area contributed by atoms with E-state index >= 15 is 0 Å². The third-order valence-electron chi connectivity index (χ3n) is 3.00. The van der Waals surface area contributed by atoms with Gasteiger partial charge in [0.05, 0.1) is 12.1 Å². The molecule has 0 atom stereocenters. The summed E-state index contributed by atoms with van der Waals surface area (Å²) in [6.07, 6.45) is 1.00. The largest absolute Gasteiger partial charge is 0.347 e. The number of nitrogens with one attached hydrogen (secondary N) is 1. The number of hydrogen-bond donors (Lipinski definition) is 1. The zero-order valence-electron chi connectivity index (χ0n) is 11.0. The molecule has 2 rings (SSSR count). The Kier molecular flexibility index (Phi) is 4.77. The van der Waals surface area contributed by atoms with E-state index in [1.165, 1.54) is 10.4 Å². The van der Waals surface area contributed by atoms with Gasteiger partial charge in [-0.25, -0.2) is 0 Å². The van der Waals surface area contributed by atoms with Gasteiger partial charge in [-0.3, -0.25) is 4.79 Å². The fourth-order valence-electron chi connectivity index (χ4n) is 1.90. The minimum absolute atomic E-state index is 0.0395. The Morgan fingerprint density at radius 3 is 2.84 bits per heavy atom. The van der Waals surface area contributed by atoms with E-state index in [1.54, 1.807) is 11.3 Å². The Morgan fingerprint density at radius 2 is 2.16 bits per heavy atom. The van der Waals surface area contributed by atoms with Gasteiger partial charge >= 0.3 is 0 Å². The molecule has 1 heterocycles. The first-order valence-electron chi connectivity index (χ1n) is 6.21. The summed E-state index contributed by atoms with van der Waals surface area (Å²) in [5.74, 6) is -0.0395. The SMILES string of the molecule is CCc1ccsc1CNC(=O)c1ccc(C)cc1Br. The maximum Gasteiger partial charge on any atom is 0.252 e. The zero-order valence-corrected chi connectivity index (χ0v) is 13.4. The van der Waals surface area contributed by atoms with Crippen LogP contribution < -0.4 is 5.32 Å². The summed E-state index contributed by atoms with van der Waals surface area (Å²) >= 11 is 5.13. The first-order chi connectivity index (χ1) is 9.11. The highest BCUT2D eigenvalue weighted by Gasteiger charge is 2.10. The summed E-state index contributed by atoms with van der Waals surface area (Å²) < 4.78 is 0.840. The number of carbonyl (C=O) groups is 1. The molecule has 4 heteroatoms. The van der Waals surface area contributed by atoms with Gasteiger partial charge in [0.25, 0.3) is 5.91 Å². The van der Waals surface area contributed by atoms with E-state index in [0.717, 1.165) is 16.5 Å². The van der Waals surface area contributed by atoms with Gasteiger partial charge < -0.3 is 5.32 Å². The number of amides is 1. The van der Waals surface area contributed by atoms with Crippen molar-refractivity contribution in [3.05, 3.63) is 55.7 Å². The lowest BCUT2D eigenvalue weighted by Crippen LogP contribution is -2.23. The zero-order chi connectivity index (χ0) is 13.8. The Morgan fingerprint density at radius 1 is 1.37 bits per heavy atom. The van der Waals surface area contributed by atoms with Gasteiger partial charge in [0.2, 0.25) is 0 Å². The highest BCUT2D eigenvalue weighted by Crippen LogP contribution is 2.20. The summed E-state index contributed by atoms with van der Waals surface area (Å²) in [5.41, 5.74) is 3.13. The van der Waals surface area contributed by atoms with Crippen molar-refractivity contribution in [3.8, 4) is 0 Å². The Bertz CT molecular complexity index is 592. The second-order valence-electron chi connectivity index (χ2n) is 4.39. The molecule has 2 nitrogen and oxygen atoms in total. The first kappa shape index (κ1) is 14.3. The van der Waals surface area contributed by atoms with Crippen molar-refractivity contribution >= 4 is 33.2 Å². The third kappa shape index (κ3) is 3.45. The van der Waals surface area contributed by atoms with Crippen LogP contribution >= 0.6 is 27.3 Å². The molecule has 2 aromatic rings. The Hall–Kier alpha value is -1.13. The van der Waals surface area contributed by atoms with Crippen molar-refractivity contribution in [2.75, 3.05) is 0 Å². The van der Waals surface area contributed by atoms with Crippen molar-refractivity contribution in [3.63, 3.8) is 0 Å². The van der Waals surface area contributed by atoms with E-state index in [4.69, 9.17) is 0 Å². The van der Waals surface area contributed by atoms with Crippen LogP contribution in [0.2, 0.25) is 0 Å². The molecule has 0 aliphatic carbocycles. The van der Waals surface area contributed by atoms with Crippen molar-refractivity contribution < 1.29 is 4.79 Å². The second kappa shape index (κ2) is 6.35. The molecule has 1 aromatic carbocycles. The van der Waals surface area contributed by atoms with Crippen molar-refractivity contribution in [1.82, 2.24) is 5.32 Å². The van der Waals surface area contributed by atoms with Crippen molar-refractivity contribution in [2.45, 2.75) is 26.8 Å². The molecule has 0 unspecified atom stereocenters. The molecular weight excluding hydrogens is 322 g/mol. The number of halogens is 1. The van der Waals surface area contributed by atoms with Gasteiger partial charge in [-0.2, -0.15) is 0 Å². The van der Waals surface area contributed by atoms with Gasteiger partial charge in [0, 0.05) is 9.35 Å². The number of hydrogen-bond acceptors (Lipinski definition) is 2. The maximum absolute atomic E-state index is 12.1. The minimum Gasteiger partial charge on any atom is -0.347 e. The predicted octanol–water partition coefficient (Wildman–Crippen LogP) is 4.31. The molecular formula is C15H16BrNOS. The van der Waals surface area contributed by atoms with Gasteiger partial charge in [-0.15, -0.1) is 11.3 Å². The summed E-state index contributed by atoms with van der Waals surface area (Å²) in [6.45, 7) is 4.73. The van der Waals surface area contributed by atoms with Crippen LogP contribution in [-0.4, -0.2) is 5.91 Å². The van der Waals surface area contributed by atoms with E-state index in [-0.39, 0.29) is 5.91 Å². The van der Waals surface area contributed by atoms with Gasteiger partial charge in [-0.1, -0.05) is 13.0 Å². The number of benzene rings is 1. The van der Waals surface area contributed by atoms with Crippen LogP contribution in [0.1, 0.15) is 33.3 Å². The first-order valence-corrected chi connectivity index (χ1v) is 7.88. The van der Waals surface area contributed by atoms with Crippen molar-refractivity contribution in [1.29, 1.82) is 0 Å². The molecule has 0 aliphatic rings. The summed E-state index contributed by atoms with van der Waals surface area (Å²) in [7, 11) is 0. The molecule has 0 fully saturated rings. The van der Waals surface area contributed by atoms with Gasteiger partial charge in [0.15, 0.2) is 0 Å². The van der Waals surface area contributed by atoms with Gasteiger partial charge in [-0.05, 0) is 64.0 Å². The van der Waals surface area contributed by atoms with Crippen LogP contribution in [0.5, 0.6) is 0 Å². The monoisotopic (exact) mass is 337 g/mol. The normalized spacial score (nSPS) is 10.5. The third-order valence-corrected chi connectivity index (χ3v) is 4.62. The van der Waals surface area contributed by atoms with Crippen LogP contribution in [-0.2, 0) is 13.0 Å². The number of aryl methyl sites for hydroxylation is 2. The van der Waals surface area contributed by atoms with E-state index in [1.807, 2.05) is 25.1 Å². The van der Waals surface area contributed by atoms with E-state index in [0.29, 0.717) is 12.1 Å². The molecule has 1 aromatic heterocycles. The molecule has 100 valence electrons. The number of rotatable bonds is 4. The van der Waals surface area contributed by atoms with Crippen LogP contribution in [0.3, 0.4) is 0 Å². The number of carbonyl (C=O) groups excluding carboxylic acids is 1. The molecule has 0 saturated heterocycles. The smallest absolute Gasteiger partial charge is 0.252 e. The molecule has 0 spiro atoms. The lowest BCUT2D eigenvalue weighted by molar-refractivity contribution is 0.0950. The molecule has 1 N–H and O–H groups in total. The average Bonchev–Trinajstić information content (AvgIpc) is 2.83. The molecule has 0 saturated carbocycles. The van der Waals surface area contributed by atoms with E-state index in [9.17, 15) is 4.79 Å². The van der Waals surface area contributed by atoms with Crippen LogP contribution in [0.4, 0.5) is 0 Å². The Balaban J connectivity index is 2.05. The molecule has 19 heavy (non-hydrogen) atoms. The fraction of sp³-hybridized carbons (Fsp3) is 0.267. The van der Waals surface area contributed by atoms with Crippen LogP contribution in [0.25, 0.3) is 0 Å².